The molecule has 0 aliphatic rings. The molecule has 1 amide bonds. The zero-order valence-corrected chi connectivity index (χ0v) is 5.82. The van der Waals surface area contributed by atoms with Crippen molar-refractivity contribution in [2.75, 3.05) is 0 Å². The summed E-state index contributed by atoms with van der Waals surface area (Å²) >= 11 is 0. The van der Waals surface area contributed by atoms with E-state index in [4.69, 9.17) is 5.73 Å². The van der Waals surface area contributed by atoms with Gasteiger partial charge in [0, 0.05) is 12.4 Å². The summed E-state index contributed by atoms with van der Waals surface area (Å²) in [5.41, 5.74) is 5.26. The molecule has 0 spiro atoms. The normalized spacial score (nSPS) is 9.09. The molecule has 0 unspecified atom stereocenters. The van der Waals surface area contributed by atoms with Gasteiger partial charge >= 0.3 is 0 Å². The van der Waals surface area contributed by atoms with Gasteiger partial charge in [-0.2, -0.15) is 0 Å². The number of primary amides is 1. The first-order valence-electron chi connectivity index (χ1n) is 2.98. The number of nitrogens with two attached hydrogens (primary N) is 1. The molecule has 0 radical (unpaired) electrons. The number of carbonyl (C=O) groups excluding carboxylic acids is 1. The van der Waals surface area contributed by atoms with E-state index in [9.17, 15) is 4.79 Å². The highest BCUT2D eigenvalue weighted by Crippen LogP contribution is 1.94. The van der Waals surface area contributed by atoms with Gasteiger partial charge in [0.15, 0.2) is 5.82 Å². The summed E-state index contributed by atoms with van der Waals surface area (Å²) in [5.74, 6) is -0.0457. The van der Waals surface area contributed by atoms with Crippen molar-refractivity contribution in [1.82, 2.24) is 9.97 Å². The second-order valence-corrected chi connectivity index (χ2v) is 1.90. The molecule has 4 heteroatoms. The molecule has 2 N–H and O–H groups in total. The Morgan fingerprint density at radius 3 is 2.45 bits per heavy atom. The SMILES string of the molecule is C=Cc1ncc(C(N)=O)cn1. The average Bonchev–Trinajstić information content (AvgIpc) is 2.05. The average molecular weight is 149 g/mol. The van der Waals surface area contributed by atoms with Crippen molar-refractivity contribution in [1.29, 1.82) is 0 Å². The van der Waals surface area contributed by atoms with Gasteiger partial charge in [0.05, 0.1) is 5.56 Å². The summed E-state index contributed by atoms with van der Waals surface area (Å²) in [5, 5.41) is 0. The van der Waals surface area contributed by atoms with E-state index in [1.807, 2.05) is 0 Å². The van der Waals surface area contributed by atoms with E-state index in [2.05, 4.69) is 16.5 Å². The Bertz CT molecular complexity index is 278. The monoisotopic (exact) mass is 149 g/mol. The molecule has 1 aromatic rings. The van der Waals surface area contributed by atoms with Crippen molar-refractivity contribution in [3.63, 3.8) is 0 Å². The van der Waals surface area contributed by atoms with Gasteiger partial charge in [-0.05, 0) is 6.08 Å². The molecular formula is C7H7N3O. The zero-order chi connectivity index (χ0) is 8.27. The number of rotatable bonds is 2. The maximum absolute atomic E-state index is 10.5. The Labute approximate surface area is 63.8 Å². The number of amides is 1. The molecule has 0 aromatic carbocycles. The third kappa shape index (κ3) is 1.61. The number of carbonyl (C=O) groups is 1. The van der Waals surface area contributed by atoms with Gasteiger partial charge in [0.2, 0.25) is 0 Å². The molecule has 0 fully saturated rings. The molecule has 56 valence electrons. The molecule has 1 rings (SSSR count). The second-order valence-electron chi connectivity index (χ2n) is 1.90. The van der Waals surface area contributed by atoms with Crippen LogP contribution in [0.5, 0.6) is 0 Å². The third-order valence-electron chi connectivity index (χ3n) is 1.14. The van der Waals surface area contributed by atoms with Gasteiger partial charge in [0.1, 0.15) is 0 Å². The minimum atomic E-state index is -0.527. The van der Waals surface area contributed by atoms with Crippen LogP contribution >= 0.6 is 0 Å². The predicted molar refractivity (Wildman–Crippen MR) is 40.6 cm³/mol. The van der Waals surface area contributed by atoms with Crippen LogP contribution in [0.4, 0.5) is 0 Å². The Morgan fingerprint density at radius 2 is 2.09 bits per heavy atom. The molecule has 0 saturated carbocycles. The molecule has 0 atom stereocenters. The van der Waals surface area contributed by atoms with Crippen LogP contribution < -0.4 is 5.73 Å². The number of nitrogens with zero attached hydrogens (tertiary/aromatic N) is 2. The van der Waals surface area contributed by atoms with Crippen LogP contribution in [-0.2, 0) is 0 Å². The Kier molecular flexibility index (Phi) is 1.96. The standard InChI is InChI=1S/C7H7N3O/c1-2-6-9-3-5(4-10-6)7(8)11/h2-4H,1H2,(H2,8,11). The van der Waals surface area contributed by atoms with Gasteiger partial charge in [-0.3, -0.25) is 4.79 Å². The summed E-state index contributed by atoms with van der Waals surface area (Å²) in [6, 6.07) is 0. The van der Waals surface area contributed by atoms with Crippen LogP contribution in [-0.4, -0.2) is 15.9 Å². The quantitative estimate of drug-likeness (QED) is 0.653. The minimum Gasteiger partial charge on any atom is -0.366 e. The minimum absolute atomic E-state index is 0.301. The van der Waals surface area contributed by atoms with Crippen molar-refractivity contribution >= 4 is 12.0 Å². The highest BCUT2D eigenvalue weighted by Gasteiger charge is 1.99. The smallest absolute Gasteiger partial charge is 0.251 e. The highest BCUT2D eigenvalue weighted by atomic mass is 16.1. The van der Waals surface area contributed by atoms with Crippen LogP contribution in [0.1, 0.15) is 16.2 Å². The summed E-state index contributed by atoms with van der Waals surface area (Å²) < 4.78 is 0. The lowest BCUT2D eigenvalue weighted by molar-refractivity contribution is 0.0999. The molecule has 0 aliphatic heterocycles. The van der Waals surface area contributed by atoms with Crippen molar-refractivity contribution in [3.8, 4) is 0 Å². The van der Waals surface area contributed by atoms with Crippen molar-refractivity contribution in [2.24, 2.45) is 5.73 Å². The van der Waals surface area contributed by atoms with Crippen molar-refractivity contribution in [3.05, 3.63) is 30.4 Å². The fourth-order valence-corrected chi connectivity index (χ4v) is 0.571. The molecular weight excluding hydrogens is 142 g/mol. The largest absolute Gasteiger partial charge is 0.366 e. The third-order valence-corrected chi connectivity index (χ3v) is 1.14. The van der Waals surface area contributed by atoms with E-state index < -0.39 is 5.91 Å². The molecule has 4 nitrogen and oxygen atoms in total. The summed E-state index contributed by atoms with van der Waals surface area (Å²) in [6.45, 7) is 3.46. The summed E-state index contributed by atoms with van der Waals surface area (Å²) in [4.78, 5) is 18.1. The predicted octanol–water partition coefficient (Wildman–Crippen LogP) is 0.219. The second kappa shape index (κ2) is 2.92. The zero-order valence-electron chi connectivity index (χ0n) is 5.82. The molecule has 11 heavy (non-hydrogen) atoms. The lowest BCUT2D eigenvalue weighted by Gasteiger charge is -1.93. The van der Waals surface area contributed by atoms with Crippen LogP contribution in [0.15, 0.2) is 19.0 Å². The Balaban J connectivity index is 3.00. The lowest BCUT2D eigenvalue weighted by Crippen LogP contribution is -2.11. The Hall–Kier alpha value is -1.71. The van der Waals surface area contributed by atoms with Crippen LogP contribution in [0.3, 0.4) is 0 Å². The molecule has 0 saturated heterocycles. The van der Waals surface area contributed by atoms with Gasteiger partial charge in [-0.25, -0.2) is 9.97 Å². The van der Waals surface area contributed by atoms with Crippen LogP contribution in [0, 0.1) is 0 Å². The number of hydrogen-bond donors (Lipinski definition) is 1. The van der Waals surface area contributed by atoms with Gasteiger partial charge in [0.25, 0.3) is 5.91 Å². The fourth-order valence-electron chi connectivity index (χ4n) is 0.571. The van der Waals surface area contributed by atoms with E-state index in [-0.39, 0.29) is 0 Å². The van der Waals surface area contributed by atoms with E-state index in [1.54, 1.807) is 0 Å². The summed E-state index contributed by atoms with van der Waals surface area (Å²) in [7, 11) is 0. The topological polar surface area (TPSA) is 68.9 Å². The highest BCUT2D eigenvalue weighted by molar-refractivity contribution is 5.92. The first kappa shape index (κ1) is 7.40. The number of aromatic nitrogens is 2. The van der Waals surface area contributed by atoms with Gasteiger partial charge < -0.3 is 5.73 Å². The first-order valence-corrected chi connectivity index (χ1v) is 2.98. The van der Waals surface area contributed by atoms with E-state index >= 15 is 0 Å². The maximum Gasteiger partial charge on any atom is 0.251 e. The fraction of sp³-hybridized carbons (Fsp3) is 0. The lowest BCUT2D eigenvalue weighted by atomic mass is 10.3. The van der Waals surface area contributed by atoms with E-state index in [0.29, 0.717) is 11.4 Å². The summed E-state index contributed by atoms with van der Waals surface area (Å²) in [6.07, 6.45) is 4.23. The van der Waals surface area contributed by atoms with Crippen LogP contribution in [0.2, 0.25) is 0 Å². The first-order chi connectivity index (χ1) is 5.24. The van der Waals surface area contributed by atoms with Crippen LogP contribution in [0.25, 0.3) is 6.08 Å². The molecule has 1 aromatic heterocycles. The Morgan fingerprint density at radius 1 is 1.55 bits per heavy atom. The van der Waals surface area contributed by atoms with Crippen molar-refractivity contribution < 1.29 is 4.79 Å². The maximum atomic E-state index is 10.5. The molecule has 1 heterocycles. The van der Waals surface area contributed by atoms with Gasteiger partial charge in [-0.1, -0.05) is 6.58 Å². The van der Waals surface area contributed by atoms with E-state index in [0.717, 1.165) is 0 Å². The number of hydrogen-bond acceptors (Lipinski definition) is 3. The molecule has 0 bridgehead atoms. The van der Waals surface area contributed by atoms with Gasteiger partial charge in [-0.15, -0.1) is 0 Å². The van der Waals surface area contributed by atoms with Crippen molar-refractivity contribution in [2.45, 2.75) is 0 Å². The molecule has 0 aliphatic carbocycles. The van der Waals surface area contributed by atoms with E-state index in [1.165, 1.54) is 18.5 Å².